The molecule has 0 spiro atoms. The number of hydrogen-bond acceptors (Lipinski definition) is 7. The third-order valence-electron chi connectivity index (χ3n) is 4.51. The quantitative estimate of drug-likeness (QED) is 0.733. The molecule has 0 radical (unpaired) electrons. The van der Waals surface area contributed by atoms with E-state index in [1.54, 1.807) is 4.98 Å². The highest BCUT2D eigenvalue weighted by molar-refractivity contribution is 7.48. The van der Waals surface area contributed by atoms with Gasteiger partial charge in [-0.25, -0.2) is 18.1 Å². The molecule has 1 unspecified atom stereocenters. The predicted molar refractivity (Wildman–Crippen MR) is 89.4 cm³/mol. The summed E-state index contributed by atoms with van der Waals surface area (Å²) in [7, 11) is -4.17. The van der Waals surface area contributed by atoms with Crippen LogP contribution in [0.25, 0.3) is 0 Å². The molecule has 2 saturated heterocycles. The Morgan fingerprint density at radius 1 is 1.17 bits per heavy atom. The van der Waals surface area contributed by atoms with Crippen LogP contribution < -0.4 is 11.2 Å². The van der Waals surface area contributed by atoms with Gasteiger partial charge in [-0.05, 0) is 12.1 Å². The van der Waals surface area contributed by atoms with Gasteiger partial charge in [0.2, 0.25) is 5.82 Å². The van der Waals surface area contributed by atoms with Crippen LogP contribution in [0.4, 0.5) is 13.2 Å². The maximum absolute atomic E-state index is 13.7. The molecule has 13 heteroatoms. The first kappa shape index (κ1) is 20.0. The fourth-order valence-corrected chi connectivity index (χ4v) is 4.42. The zero-order chi connectivity index (χ0) is 20.8. The number of aromatic amines is 1. The molecule has 9 nitrogen and oxygen atoms in total. The number of H-pyrrole nitrogens is 1. The molecule has 1 aromatic heterocycles. The van der Waals surface area contributed by atoms with Crippen LogP contribution in [0.3, 0.4) is 0 Å². The minimum absolute atomic E-state index is 0.0270. The van der Waals surface area contributed by atoms with Crippen LogP contribution in [0, 0.1) is 17.5 Å². The Kier molecular flexibility index (Phi) is 5.21. The third-order valence-corrected chi connectivity index (χ3v) is 5.94. The molecule has 0 aliphatic carbocycles. The van der Waals surface area contributed by atoms with Gasteiger partial charge in [0.15, 0.2) is 0 Å². The van der Waals surface area contributed by atoms with Crippen LogP contribution in [-0.4, -0.2) is 28.4 Å². The molecule has 0 saturated carbocycles. The topological polar surface area (TPSA) is 109 Å². The van der Waals surface area contributed by atoms with Gasteiger partial charge in [0.05, 0.1) is 19.4 Å². The van der Waals surface area contributed by atoms with Crippen LogP contribution >= 0.6 is 7.82 Å². The second-order valence-electron chi connectivity index (χ2n) is 6.37. The average molecular weight is 434 g/mol. The lowest BCUT2D eigenvalue weighted by molar-refractivity contribution is -0.0733. The number of phosphoric ester groups is 1. The van der Waals surface area contributed by atoms with Crippen molar-refractivity contribution in [2.45, 2.75) is 31.5 Å². The van der Waals surface area contributed by atoms with E-state index in [2.05, 4.69) is 0 Å². The van der Waals surface area contributed by atoms with Crippen molar-refractivity contribution in [2.75, 3.05) is 6.61 Å². The van der Waals surface area contributed by atoms with Gasteiger partial charge in [0.1, 0.15) is 30.1 Å². The zero-order valence-electron chi connectivity index (χ0n) is 14.5. The van der Waals surface area contributed by atoms with E-state index in [0.717, 1.165) is 16.7 Å². The summed E-state index contributed by atoms with van der Waals surface area (Å²) in [5.41, 5.74) is -2.50. The Balaban J connectivity index is 1.46. The molecule has 2 fully saturated rings. The highest BCUT2D eigenvalue weighted by atomic mass is 31.2. The first-order valence-corrected chi connectivity index (χ1v) is 9.88. The highest BCUT2D eigenvalue weighted by Gasteiger charge is 2.48. The van der Waals surface area contributed by atoms with Crippen molar-refractivity contribution >= 4 is 7.82 Å². The van der Waals surface area contributed by atoms with Gasteiger partial charge < -0.3 is 4.74 Å². The number of nitrogens with zero attached hydrogens (tertiary/aromatic N) is 1. The van der Waals surface area contributed by atoms with E-state index in [1.807, 2.05) is 0 Å². The largest absolute Gasteiger partial charge is 0.475 e. The molecule has 3 heterocycles. The van der Waals surface area contributed by atoms with Crippen LogP contribution in [-0.2, 0) is 29.5 Å². The first-order chi connectivity index (χ1) is 13.8. The van der Waals surface area contributed by atoms with Crippen LogP contribution in [0.1, 0.15) is 18.2 Å². The maximum Gasteiger partial charge on any atom is 0.475 e. The Morgan fingerprint density at radius 2 is 1.90 bits per heavy atom. The number of phosphoric acid groups is 1. The normalized spacial score (nSPS) is 29.0. The molecule has 1 aromatic carbocycles. The minimum Gasteiger partial charge on any atom is -0.349 e. The van der Waals surface area contributed by atoms with E-state index >= 15 is 0 Å². The third kappa shape index (κ3) is 3.94. The molecule has 4 atom stereocenters. The molecule has 0 amide bonds. The number of nitrogens with one attached hydrogen (secondary N) is 1. The van der Waals surface area contributed by atoms with Gasteiger partial charge in [-0.15, -0.1) is 0 Å². The molecule has 156 valence electrons. The number of aromatic nitrogens is 2. The van der Waals surface area contributed by atoms with Gasteiger partial charge in [-0.1, -0.05) is 6.07 Å². The summed E-state index contributed by atoms with van der Waals surface area (Å²) in [6.45, 7) is -0.944. The number of halogens is 3. The van der Waals surface area contributed by atoms with Crippen molar-refractivity contribution in [3.63, 3.8) is 0 Å². The van der Waals surface area contributed by atoms with Gasteiger partial charge in [-0.3, -0.25) is 27.9 Å². The molecule has 4 rings (SSSR count). The average Bonchev–Trinajstić information content (AvgIpc) is 3.06. The number of fused-ring (bicyclic) bond motifs is 1. The molecule has 0 bridgehead atoms. The molecule has 2 aliphatic heterocycles. The highest BCUT2D eigenvalue weighted by Crippen LogP contribution is 2.57. The van der Waals surface area contributed by atoms with Crippen molar-refractivity contribution in [2.24, 2.45) is 0 Å². The summed E-state index contributed by atoms with van der Waals surface area (Å²) in [5, 5.41) is 0. The molecule has 2 aliphatic rings. The Morgan fingerprint density at radius 3 is 2.62 bits per heavy atom. The van der Waals surface area contributed by atoms with Crippen molar-refractivity contribution in [1.29, 1.82) is 0 Å². The summed E-state index contributed by atoms with van der Waals surface area (Å²) < 4.78 is 75.3. The maximum atomic E-state index is 13.7. The lowest BCUT2D eigenvalue weighted by atomic mass is 10.2. The van der Waals surface area contributed by atoms with E-state index in [0.29, 0.717) is 6.20 Å². The molecule has 2 aromatic rings. The van der Waals surface area contributed by atoms with E-state index in [-0.39, 0.29) is 13.0 Å². The van der Waals surface area contributed by atoms with E-state index < -0.39 is 67.1 Å². The second-order valence-corrected chi connectivity index (χ2v) is 7.99. The lowest BCUT2D eigenvalue weighted by Crippen LogP contribution is -2.34. The van der Waals surface area contributed by atoms with Gasteiger partial charge >= 0.3 is 13.5 Å². The van der Waals surface area contributed by atoms with Gasteiger partial charge in [0, 0.05) is 12.0 Å². The zero-order valence-corrected chi connectivity index (χ0v) is 15.4. The number of benzene rings is 1. The molecular formula is C16H14F3N2O7P. The predicted octanol–water partition coefficient (Wildman–Crippen LogP) is 1.98. The number of hydrogen-bond donors (Lipinski definition) is 1. The van der Waals surface area contributed by atoms with E-state index in [9.17, 15) is 27.3 Å². The fraction of sp³-hybridized carbons (Fsp3) is 0.375. The minimum atomic E-state index is -4.17. The summed E-state index contributed by atoms with van der Waals surface area (Å²) in [4.78, 5) is 24.8. The SMILES string of the molecule is O=c1[nH]c(=O)n([C@H]2C[C@@H]3OP(=O)(OCc4c(F)cccc4F)OC[C@H]3O2)cc1F. The van der Waals surface area contributed by atoms with Gasteiger partial charge in [-0.2, -0.15) is 4.39 Å². The number of rotatable bonds is 4. The van der Waals surface area contributed by atoms with Gasteiger partial charge in [0.25, 0.3) is 5.56 Å². The van der Waals surface area contributed by atoms with Crippen molar-refractivity contribution in [3.8, 4) is 0 Å². The Labute approximate surface area is 160 Å². The van der Waals surface area contributed by atoms with Crippen LogP contribution in [0.15, 0.2) is 34.0 Å². The molecule has 29 heavy (non-hydrogen) atoms. The first-order valence-electron chi connectivity index (χ1n) is 8.42. The second kappa shape index (κ2) is 7.54. The van der Waals surface area contributed by atoms with Crippen molar-refractivity contribution in [1.82, 2.24) is 9.55 Å². The molecule has 1 N–H and O–H groups in total. The standard InChI is InChI=1S/C16H14F3N2O7P/c17-9-2-1-3-10(18)8(9)6-25-29(24)26-7-13-12(28-29)4-14(27-13)21-5-11(19)15(22)20-16(21)23/h1-3,5,12-14H,4,6-7H2,(H,20,22,23)/t12-,13+,14+,29?/m0/s1. The molecular weight excluding hydrogens is 420 g/mol. The van der Waals surface area contributed by atoms with Crippen LogP contribution in [0.2, 0.25) is 0 Å². The van der Waals surface area contributed by atoms with E-state index in [4.69, 9.17) is 18.3 Å². The summed E-state index contributed by atoms with van der Waals surface area (Å²) in [5.74, 6) is -2.94. The lowest BCUT2D eigenvalue weighted by Gasteiger charge is -2.29. The Bertz CT molecular complexity index is 1080. The van der Waals surface area contributed by atoms with Crippen molar-refractivity contribution < 1.29 is 36.0 Å². The summed E-state index contributed by atoms with van der Waals surface area (Å²) in [6, 6.07) is 3.21. The van der Waals surface area contributed by atoms with Crippen molar-refractivity contribution in [3.05, 3.63) is 68.2 Å². The van der Waals surface area contributed by atoms with E-state index in [1.165, 1.54) is 6.07 Å². The summed E-state index contributed by atoms with van der Waals surface area (Å²) in [6.07, 6.45) is -1.95. The van der Waals surface area contributed by atoms with Crippen LogP contribution in [0.5, 0.6) is 0 Å². The number of ether oxygens (including phenoxy) is 1. The Hall–Kier alpha value is -2.24. The smallest absolute Gasteiger partial charge is 0.349 e. The summed E-state index contributed by atoms with van der Waals surface area (Å²) >= 11 is 0. The fourth-order valence-electron chi connectivity index (χ4n) is 3.05. The monoisotopic (exact) mass is 434 g/mol.